The van der Waals surface area contributed by atoms with Gasteiger partial charge in [-0.1, -0.05) is 23.2 Å². The van der Waals surface area contributed by atoms with E-state index in [-0.39, 0.29) is 0 Å². The molecule has 1 aromatic carbocycles. The van der Waals surface area contributed by atoms with Crippen LogP contribution >= 0.6 is 23.2 Å². The predicted molar refractivity (Wildman–Crippen MR) is 57.8 cm³/mol. The Morgan fingerprint density at radius 2 is 2.14 bits per heavy atom. The molecule has 1 fully saturated rings. The minimum atomic E-state index is -0.859. The van der Waals surface area contributed by atoms with Gasteiger partial charge in [-0.15, -0.1) is 0 Å². The summed E-state index contributed by atoms with van der Waals surface area (Å²) >= 11 is 11.9. The standard InChI is InChI=1S/C10H11Cl2NO/c11-7-1-2-9(12)8(5-7)10(14)3-4-13-6-10/h1-2,5,13-14H,3-4,6H2. The number of nitrogens with one attached hydrogen (secondary N) is 1. The summed E-state index contributed by atoms with van der Waals surface area (Å²) in [6, 6.07) is 5.17. The Bertz CT molecular complexity index is 348. The van der Waals surface area contributed by atoms with Crippen molar-refractivity contribution >= 4 is 23.2 Å². The van der Waals surface area contributed by atoms with Crippen molar-refractivity contribution in [3.63, 3.8) is 0 Å². The van der Waals surface area contributed by atoms with E-state index in [1.54, 1.807) is 18.2 Å². The van der Waals surface area contributed by atoms with Gasteiger partial charge < -0.3 is 10.4 Å². The monoisotopic (exact) mass is 231 g/mol. The molecule has 0 bridgehead atoms. The summed E-state index contributed by atoms with van der Waals surface area (Å²) in [7, 11) is 0. The molecular weight excluding hydrogens is 221 g/mol. The molecule has 0 spiro atoms. The first kappa shape index (κ1) is 10.2. The first-order valence-corrected chi connectivity index (χ1v) is 5.26. The quantitative estimate of drug-likeness (QED) is 0.777. The molecule has 0 aliphatic carbocycles. The van der Waals surface area contributed by atoms with Crippen LogP contribution in [0.1, 0.15) is 12.0 Å². The van der Waals surface area contributed by atoms with Crippen LogP contribution in [0.4, 0.5) is 0 Å². The lowest BCUT2D eigenvalue weighted by Crippen LogP contribution is -2.28. The molecule has 1 aliphatic heterocycles. The van der Waals surface area contributed by atoms with Crippen LogP contribution in [0.2, 0.25) is 10.0 Å². The number of benzene rings is 1. The molecule has 4 heteroatoms. The van der Waals surface area contributed by atoms with Crippen LogP contribution in [0, 0.1) is 0 Å². The van der Waals surface area contributed by atoms with Gasteiger partial charge in [0.2, 0.25) is 0 Å². The largest absolute Gasteiger partial charge is 0.384 e. The molecule has 1 unspecified atom stereocenters. The smallest absolute Gasteiger partial charge is 0.105 e. The second-order valence-electron chi connectivity index (χ2n) is 3.58. The molecule has 1 atom stereocenters. The molecule has 76 valence electrons. The molecule has 1 aliphatic rings. The Balaban J connectivity index is 2.44. The third kappa shape index (κ3) is 1.75. The van der Waals surface area contributed by atoms with Crippen LogP contribution in [0.15, 0.2) is 18.2 Å². The zero-order valence-electron chi connectivity index (χ0n) is 7.56. The second kappa shape index (κ2) is 3.70. The summed E-state index contributed by atoms with van der Waals surface area (Å²) in [6.07, 6.45) is 0.674. The summed E-state index contributed by atoms with van der Waals surface area (Å²) < 4.78 is 0. The highest BCUT2D eigenvalue weighted by molar-refractivity contribution is 6.33. The van der Waals surface area contributed by atoms with Gasteiger partial charge in [-0.05, 0) is 31.2 Å². The number of hydrogen-bond donors (Lipinski definition) is 2. The van der Waals surface area contributed by atoms with Crippen molar-refractivity contribution in [2.45, 2.75) is 12.0 Å². The van der Waals surface area contributed by atoms with Crippen molar-refractivity contribution in [3.8, 4) is 0 Å². The fourth-order valence-corrected chi connectivity index (χ4v) is 2.23. The van der Waals surface area contributed by atoms with Crippen LogP contribution in [0.3, 0.4) is 0 Å². The maximum absolute atomic E-state index is 10.3. The van der Waals surface area contributed by atoms with E-state index in [1.165, 1.54) is 0 Å². The van der Waals surface area contributed by atoms with Gasteiger partial charge in [0, 0.05) is 22.2 Å². The van der Waals surface area contributed by atoms with E-state index in [9.17, 15) is 5.11 Å². The molecule has 0 saturated carbocycles. The van der Waals surface area contributed by atoms with Crippen molar-refractivity contribution in [1.29, 1.82) is 0 Å². The predicted octanol–water partition coefficient (Wildman–Crippen LogP) is 2.17. The number of rotatable bonds is 1. The maximum atomic E-state index is 10.3. The van der Waals surface area contributed by atoms with Crippen LogP contribution in [0.25, 0.3) is 0 Å². The first-order valence-electron chi connectivity index (χ1n) is 4.50. The fourth-order valence-electron chi connectivity index (χ4n) is 1.76. The second-order valence-corrected chi connectivity index (χ2v) is 4.43. The number of aliphatic hydroxyl groups is 1. The molecule has 2 nitrogen and oxygen atoms in total. The van der Waals surface area contributed by atoms with Gasteiger partial charge in [0.15, 0.2) is 0 Å². The van der Waals surface area contributed by atoms with Gasteiger partial charge in [0.05, 0.1) is 0 Å². The van der Waals surface area contributed by atoms with Crippen LogP contribution in [0.5, 0.6) is 0 Å². The van der Waals surface area contributed by atoms with E-state index < -0.39 is 5.60 Å². The van der Waals surface area contributed by atoms with Gasteiger partial charge >= 0.3 is 0 Å². The summed E-state index contributed by atoms with van der Waals surface area (Å²) in [4.78, 5) is 0. The lowest BCUT2D eigenvalue weighted by atomic mass is 9.93. The van der Waals surface area contributed by atoms with E-state index >= 15 is 0 Å². The summed E-state index contributed by atoms with van der Waals surface area (Å²) in [5.41, 5.74) is -0.140. The Kier molecular flexibility index (Phi) is 2.71. The third-order valence-corrected chi connectivity index (χ3v) is 3.13. The summed E-state index contributed by atoms with van der Waals surface area (Å²) in [6.45, 7) is 1.34. The zero-order chi connectivity index (χ0) is 10.2. The average molecular weight is 232 g/mol. The highest BCUT2D eigenvalue weighted by Crippen LogP contribution is 2.34. The molecule has 1 aromatic rings. The Morgan fingerprint density at radius 1 is 1.36 bits per heavy atom. The summed E-state index contributed by atoms with van der Waals surface area (Å²) in [5, 5.41) is 14.5. The van der Waals surface area contributed by atoms with Gasteiger partial charge in [0.1, 0.15) is 5.60 Å². The molecule has 0 aromatic heterocycles. The van der Waals surface area contributed by atoms with E-state index in [0.29, 0.717) is 23.0 Å². The Hall–Kier alpha value is -0.280. The van der Waals surface area contributed by atoms with Crippen molar-refractivity contribution in [1.82, 2.24) is 5.32 Å². The van der Waals surface area contributed by atoms with Crippen LogP contribution in [-0.2, 0) is 5.60 Å². The third-order valence-electron chi connectivity index (χ3n) is 2.56. The molecule has 1 saturated heterocycles. The van der Waals surface area contributed by atoms with Crippen molar-refractivity contribution in [2.24, 2.45) is 0 Å². The molecule has 1 heterocycles. The van der Waals surface area contributed by atoms with Gasteiger partial charge in [0.25, 0.3) is 0 Å². The highest BCUT2D eigenvalue weighted by Gasteiger charge is 2.34. The minimum absolute atomic E-state index is 0.535. The number of halogens is 2. The van der Waals surface area contributed by atoms with Crippen LogP contribution in [-0.4, -0.2) is 18.2 Å². The maximum Gasteiger partial charge on any atom is 0.105 e. The fraction of sp³-hybridized carbons (Fsp3) is 0.400. The SMILES string of the molecule is OC1(c2cc(Cl)ccc2Cl)CCNC1. The molecular formula is C10H11Cl2NO. The lowest BCUT2D eigenvalue weighted by molar-refractivity contribution is 0.0589. The van der Waals surface area contributed by atoms with Gasteiger partial charge in [-0.3, -0.25) is 0 Å². The normalized spacial score (nSPS) is 26.8. The van der Waals surface area contributed by atoms with Gasteiger partial charge in [-0.2, -0.15) is 0 Å². The van der Waals surface area contributed by atoms with E-state index in [1.807, 2.05) is 0 Å². The van der Waals surface area contributed by atoms with E-state index in [0.717, 1.165) is 12.1 Å². The Morgan fingerprint density at radius 3 is 2.79 bits per heavy atom. The summed E-state index contributed by atoms with van der Waals surface area (Å²) in [5.74, 6) is 0. The minimum Gasteiger partial charge on any atom is -0.384 e. The van der Waals surface area contributed by atoms with E-state index in [2.05, 4.69) is 5.32 Å². The molecule has 2 N–H and O–H groups in total. The number of β-amino-alcohol motifs (C(OH)–C–C–N with tert-alkyl or cyclic N) is 1. The lowest BCUT2D eigenvalue weighted by Gasteiger charge is -2.23. The number of hydrogen-bond acceptors (Lipinski definition) is 2. The molecule has 0 amide bonds. The molecule has 2 rings (SSSR count). The van der Waals surface area contributed by atoms with Gasteiger partial charge in [-0.25, -0.2) is 0 Å². The molecule has 0 radical (unpaired) electrons. The molecule has 14 heavy (non-hydrogen) atoms. The highest BCUT2D eigenvalue weighted by atomic mass is 35.5. The van der Waals surface area contributed by atoms with Crippen molar-refractivity contribution < 1.29 is 5.11 Å². The van der Waals surface area contributed by atoms with E-state index in [4.69, 9.17) is 23.2 Å². The van der Waals surface area contributed by atoms with Crippen molar-refractivity contribution in [3.05, 3.63) is 33.8 Å². The topological polar surface area (TPSA) is 32.3 Å². The van der Waals surface area contributed by atoms with Crippen LogP contribution < -0.4 is 5.32 Å². The van der Waals surface area contributed by atoms with Crippen molar-refractivity contribution in [2.75, 3.05) is 13.1 Å². The Labute approximate surface area is 92.8 Å². The average Bonchev–Trinajstić information content (AvgIpc) is 2.58. The zero-order valence-corrected chi connectivity index (χ0v) is 9.07. The first-order chi connectivity index (χ1) is 6.62.